The van der Waals surface area contributed by atoms with Crippen molar-refractivity contribution in [1.82, 2.24) is 5.32 Å². The van der Waals surface area contributed by atoms with Crippen molar-refractivity contribution in [2.75, 3.05) is 6.54 Å². The summed E-state index contributed by atoms with van der Waals surface area (Å²) in [6.07, 6.45) is 1.28. The highest BCUT2D eigenvalue weighted by atomic mass is 14.9. The molecule has 2 unspecified atom stereocenters. The Morgan fingerprint density at radius 2 is 1.79 bits per heavy atom. The van der Waals surface area contributed by atoms with Crippen LogP contribution < -0.4 is 5.32 Å². The summed E-state index contributed by atoms with van der Waals surface area (Å²) in [5.74, 6) is 0.726. The number of aryl methyl sites for hydroxylation is 2. The van der Waals surface area contributed by atoms with Crippen molar-refractivity contribution in [3.63, 3.8) is 0 Å². The van der Waals surface area contributed by atoms with Crippen LogP contribution in [0.2, 0.25) is 0 Å². The Balaban J connectivity index is 2.23. The SMILES string of the molecule is Cc1cc(C)cc(C2CNC(C)C2)c1. The van der Waals surface area contributed by atoms with Crippen molar-refractivity contribution in [2.24, 2.45) is 0 Å². The van der Waals surface area contributed by atoms with E-state index in [1.54, 1.807) is 0 Å². The van der Waals surface area contributed by atoms with Gasteiger partial charge < -0.3 is 5.32 Å². The maximum Gasteiger partial charge on any atom is 0.00452 e. The van der Waals surface area contributed by atoms with E-state index in [4.69, 9.17) is 0 Å². The molecule has 0 radical (unpaired) electrons. The standard InChI is InChI=1S/C13H19N/c1-9-4-10(2)6-12(5-9)13-7-11(3)14-8-13/h4-6,11,13-14H,7-8H2,1-3H3. The molecule has 1 aromatic carbocycles. The van der Waals surface area contributed by atoms with Crippen LogP contribution >= 0.6 is 0 Å². The smallest absolute Gasteiger partial charge is 0.00452 e. The molecule has 0 bridgehead atoms. The second kappa shape index (κ2) is 3.74. The van der Waals surface area contributed by atoms with Gasteiger partial charge >= 0.3 is 0 Å². The number of hydrogen-bond acceptors (Lipinski definition) is 1. The lowest BCUT2D eigenvalue weighted by Gasteiger charge is -2.11. The molecular formula is C13H19N. The molecule has 1 nitrogen and oxygen atoms in total. The fraction of sp³-hybridized carbons (Fsp3) is 0.538. The van der Waals surface area contributed by atoms with Crippen molar-refractivity contribution in [1.29, 1.82) is 0 Å². The minimum atomic E-state index is 0.681. The highest BCUT2D eigenvalue weighted by Crippen LogP contribution is 2.26. The molecule has 1 aliphatic heterocycles. The average molecular weight is 189 g/mol. The monoisotopic (exact) mass is 189 g/mol. The van der Waals surface area contributed by atoms with E-state index in [0.29, 0.717) is 6.04 Å². The van der Waals surface area contributed by atoms with Gasteiger partial charge in [0, 0.05) is 12.6 Å². The molecule has 14 heavy (non-hydrogen) atoms. The van der Waals surface area contributed by atoms with Crippen LogP contribution in [0.25, 0.3) is 0 Å². The first kappa shape index (κ1) is 9.72. The highest BCUT2D eigenvalue weighted by molar-refractivity contribution is 5.31. The predicted molar refractivity (Wildman–Crippen MR) is 60.7 cm³/mol. The molecule has 1 aliphatic rings. The molecule has 1 aromatic rings. The number of benzene rings is 1. The average Bonchev–Trinajstić information content (AvgIpc) is 2.50. The molecule has 0 aliphatic carbocycles. The van der Waals surface area contributed by atoms with Crippen molar-refractivity contribution in [3.05, 3.63) is 34.9 Å². The fourth-order valence-electron chi connectivity index (χ4n) is 2.44. The third-order valence-electron chi connectivity index (χ3n) is 3.07. The van der Waals surface area contributed by atoms with Crippen LogP contribution in [0.5, 0.6) is 0 Å². The van der Waals surface area contributed by atoms with Crippen LogP contribution in [0.4, 0.5) is 0 Å². The van der Waals surface area contributed by atoms with E-state index in [2.05, 4.69) is 44.3 Å². The zero-order valence-corrected chi connectivity index (χ0v) is 9.30. The summed E-state index contributed by atoms with van der Waals surface area (Å²) in [5.41, 5.74) is 4.29. The zero-order valence-electron chi connectivity index (χ0n) is 9.30. The molecular weight excluding hydrogens is 170 g/mol. The summed E-state index contributed by atoms with van der Waals surface area (Å²) < 4.78 is 0. The predicted octanol–water partition coefficient (Wildman–Crippen LogP) is 2.77. The molecule has 0 aromatic heterocycles. The maximum atomic E-state index is 3.51. The third-order valence-corrected chi connectivity index (χ3v) is 3.07. The summed E-state index contributed by atoms with van der Waals surface area (Å²) in [6.45, 7) is 7.78. The summed E-state index contributed by atoms with van der Waals surface area (Å²) in [6, 6.07) is 7.59. The van der Waals surface area contributed by atoms with Gasteiger partial charge in [-0.15, -0.1) is 0 Å². The quantitative estimate of drug-likeness (QED) is 0.716. The van der Waals surface area contributed by atoms with Gasteiger partial charge in [0.1, 0.15) is 0 Å². The van der Waals surface area contributed by atoms with Gasteiger partial charge in [0.25, 0.3) is 0 Å². The maximum absolute atomic E-state index is 3.51. The van der Waals surface area contributed by atoms with Gasteiger partial charge in [-0.25, -0.2) is 0 Å². The highest BCUT2D eigenvalue weighted by Gasteiger charge is 2.22. The second-order valence-corrected chi connectivity index (χ2v) is 4.66. The fourth-order valence-corrected chi connectivity index (χ4v) is 2.44. The Bertz CT molecular complexity index is 310. The van der Waals surface area contributed by atoms with Crippen LogP contribution in [0.1, 0.15) is 36.0 Å². The van der Waals surface area contributed by atoms with Crippen molar-refractivity contribution >= 4 is 0 Å². The lowest BCUT2D eigenvalue weighted by atomic mass is 9.94. The van der Waals surface area contributed by atoms with Gasteiger partial charge in [0.15, 0.2) is 0 Å². The Kier molecular flexibility index (Phi) is 2.60. The van der Waals surface area contributed by atoms with Gasteiger partial charge in [-0.3, -0.25) is 0 Å². The van der Waals surface area contributed by atoms with Crippen LogP contribution in [0, 0.1) is 13.8 Å². The largest absolute Gasteiger partial charge is 0.314 e. The number of nitrogens with one attached hydrogen (secondary N) is 1. The first-order valence-corrected chi connectivity index (χ1v) is 5.47. The molecule has 1 N–H and O–H groups in total. The van der Waals surface area contributed by atoms with Gasteiger partial charge in [-0.05, 0) is 38.7 Å². The van der Waals surface area contributed by atoms with Crippen LogP contribution in [0.3, 0.4) is 0 Å². The minimum Gasteiger partial charge on any atom is -0.314 e. The topological polar surface area (TPSA) is 12.0 Å². The van der Waals surface area contributed by atoms with E-state index in [9.17, 15) is 0 Å². The normalized spacial score (nSPS) is 26.8. The third kappa shape index (κ3) is 1.98. The molecule has 1 fully saturated rings. The summed E-state index contributed by atoms with van der Waals surface area (Å²) >= 11 is 0. The Hall–Kier alpha value is -0.820. The summed E-state index contributed by atoms with van der Waals surface area (Å²) in [5, 5.41) is 3.51. The molecule has 1 saturated heterocycles. The van der Waals surface area contributed by atoms with Crippen molar-refractivity contribution in [2.45, 2.75) is 39.2 Å². The Labute approximate surface area is 86.5 Å². The zero-order chi connectivity index (χ0) is 10.1. The van der Waals surface area contributed by atoms with Gasteiger partial charge in [0.05, 0.1) is 0 Å². The minimum absolute atomic E-state index is 0.681. The van der Waals surface area contributed by atoms with E-state index < -0.39 is 0 Å². The molecule has 0 saturated carbocycles. The molecule has 2 atom stereocenters. The molecule has 0 spiro atoms. The van der Waals surface area contributed by atoms with Crippen LogP contribution in [0.15, 0.2) is 18.2 Å². The molecule has 76 valence electrons. The Morgan fingerprint density at radius 3 is 2.29 bits per heavy atom. The van der Waals surface area contributed by atoms with Gasteiger partial charge in [-0.1, -0.05) is 29.3 Å². The summed E-state index contributed by atoms with van der Waals surface area (Å²) in [7, 11) is 0. The molecule has 0 amide bonds. The van der Waals surface area contributed by atoms with Gasteiger partial charge in [-0.2, -0.15) is 0 Å². The van der Waals surface area contributed by atoms with Gasteiger partial charge in [0.2, 0.25) is 0 Å². The van der Waals surface area contributed by atoms with E-state index >= 15 is 0 Å². The van der Waals surface area contributed by atoms with E-state index in [1.165, 1.54) is 23.1 Å². The van der Waals surface area contributed by atoms with Crippen LogP contribution in [-0.4, -0.2) is 12.6 Å². The lowest BCUT2D eigenvalue weighted by Crippen LogP contribution is -2.16. The second-order valence-electron chi connectivity index (χ2n) is 4.66. The Morgan fingerprint density at radius 1 is 1.14 bits per heavy atom. The molecule has 2 rings (SSSR count). The molecule has 1 heterocycles. The first-order valence-electron chi connectivity index (χ1n) is 5.47. The van der Waals surface area contributed by atoms with E-state index in [-0.39, 0.29) is 0 Å². The van der Waals surface area contributed by atoms with Crippen molar-refractivity contribution in [3.8, 4) is 0 Å². The summed E-state index contributed by atoms with van der Waals surface area (Å²) in [4.78, 5) is 0. The number of hydrogen-bond donors (Lipinski definition) is 1. The van der Waals surface area contributed by atoms with Crippen molar-refractivity contribution < 1.29 is 0 Å². The first-order chi connectivity index (χ1) is 6.65. The van der Waals surface area contributed by atoms with E-state index in [1.807, 2.05) is 0 Å². The van der Waals surface area contributed by atoms with E-state index in [0.717, 1.165) is 12.5 Å². The molecule has 1 heteroatoms. The lowest BCUT2D eigenvalue weighted by molar-refractivity contribution is 0.658. The van der Waals surface area contributed by atoms with Crippen LogP contribution in [-0.2, 0) is 0 Å². The number of rotatable bonds is 1.